The van der Waals surface area contributed by atoms with Gasteiger partial charge in [0, 0.05) is 0 Å². The number of hydrogen-bond donors (Lipinski definition) is 1. The molecule has 0 spiro atoms. The second-order valence-electron chi connectivity index (χ2n) is 1.92. The predicted molar refractivity (Wildman–Crippen MR) is 58.5 cm³/mol. The lowest BCUT2D eigenvalue weighted by molar-refractivity contribution is 0.475. The van der Waals surface area contributed by atoms with Crippen molar-refractivity contribution in [1.82, 2.24) is 0 Å². The normalized spacial score (nSPS) is 10.4. The molecule has 0 aliphatic heterocycles. The summed E-state index contributed by atoms with van der Waals surface area (Å²) >= 11 is 23.4. The maximum atomic E-state index is 9.29. The zero-order chi connectivity index (χ0) is 9.46. The van der Waals surface area contributed by atoms with Gasteiger partial charge >= 0.3 is 0 Å². The van der Waals surface area contributed by atoms with Crippen LogP contribution >= 0.6 is 66.7 Å². The van der Waals surface area contributed by atoms with E-state index in [0.717, 1.165) is 0 Å². The molecule has 0 radical (unpaired) electrons. The highest BCUT2D eigenvalue weighted by Gasteiger charge is 2.17. The molecule has 1 N–H and O–H groups in total. The third-order valence-electron chi connectivity index (χ3n) is 1.19. The molecule has 0 fully saturated rings. The van der Waals surface area contributed by atoms with Crippen LogP contribution in [0.25, 0.3) is 0 Å². The third-order valence-corrected chi connectivity index (χ3v) is 4.97. The zero-order valence-corrected chi connectivity index (χ0v) is 10.8. The monoisotopic (exact) mass is 352 g/mol. The summed E-state index contributed by atoms with van der Waals surface area (Å²) in [6.45, 7) is 0. The summed E-state index contributed by atoms with van der Waals surface area (Å²) < 4.78 is 1.01. The van der Waals surface area contributed by atoms with Crippen LogP contribution in [0.2, 0.25) is 15.1 Å². The summed E-state index contributed by atoms with van der Waals surface area (Å²) in [6.07, 6.45) is 0. The minimum Gasteiger partial charge on any atom is -0.505 e. The van der Waals surface area contributed by atoms with Crippen molar-refractivity contribution in [2.45, 2.75) is 0 Å². The van der Waals surface area contributed by atoms with E-state index in [1.807, 2.05) is 0 Å². The van der Waals surface area contributed by atoms with Crippen LogP contribution in [0.15, 0.2) is 8.95 Å². The molecule has 6 heteroatoms. The third kappa shape index (κ3) is 1.70. The van der Waals surface area contributed by atoms with Crippen LogP contribution in [0.4, 0.5) is 0 Å². The van der Waals surface area contributed by atoms with Crippen LogP contribution in [-0.2, 0) is 0 Å². The lowest BCUT2D eigenvalue weighted by Gasteiger charge is -2.06. The highest BCUT2D eigenvalue weighted by atomic mass is 79.9. The summed E-state index contributed by atoms with van der Waals surface area (Å²) in [7, 11) is 0. The van der Waals surface area contributed by atoms with Gasteiger partial charge in [0.25, 0.3) is 0 Å². The Bertz CT molecular complexity index is 235. The average Bonchev–Trinajstić information content (AvgIpc) is 2.08. The molecule has 0 unspecified atom stereocenters. The zero-order valence-electron chi connectivity index (χ0n) is 5.34. The molecule has 1 nitrogen and oxygen atoms in total. The van der Waals surface area contributed by atoms with Crippen molar-refractivity contribution in [3.63, 3.8) is 0 Å². The molecule has 66 valence electrons. The number of halogens is 5. The van der Waals surface area contributed by atoms with Gasteiger partial charge in [0.15, 0.2) is 5.75 Å². The van der Waals surface area contributed by atoms with Crippen LogP contribution in [0.5, 0.6) is 5.75 Å². The molecule has 0 aromatic heterocycles. The van der Waals surface area contributed by atoms with Gasteiger partial charge in [-0.25, -0.2) is 0 Å². The van der Waals surface area contributed by atoms with Gasteiger partial charge in [0.1, 0.15) is 5.02 Å². The van der Waals surface area contributed by atoms with Gasteiger partial charge in [0.05, 0.1) is 19.0 Å². The summed E-state index contributed by atoms with van der Waals surface area (Å²) in [5, 5.41) is 9.69. The lowest BCUT2D eigenvalue weighted by atomic mass is 10.3. The molecular formula is C6HBr2Cl3O. The van der Waals surface area contributed by atoms with Crippen LogP contribution in [0.1, 0.15) is 0 Å². The van der Waals surface area contributed by atoms with Gasteiger partial charge < -0.3 is 5.11 Å². The largest absolute Gasteiger partial charge is 0.505 e. The minimum atomic E-state index is -0.224. The first kappa shape index (κ1) is 10.9. The van der Waals surface area contributed by atoms with Crippen LogP contribution < -0.4 is 0 Å². The van der Waals surface area contributed by atoms with E-state index in [1.54, 1.807) is 0 Å². The van der Waals surface area contributed by atoms with E-state index in [-0.39, 0.29) is 20.8 Å². The van der Waals surface area contributed by atoms with E-state index in [9.17, 15) is 5.11 Å². The number of phenols is 1. The molecule has 0 aliphatic carbocycles. The molecule has 0 amide bonds. The second kappa shape index (κ2) is 3.93. The van der Waals surface area contributed by atoms with Gasteiger partial charge in [-0.15, -0.1) is 0 Å². The molecule has 0 heterocycles. The number of phenolic OH excluding ortho intramolecular Hbond substituents is 1. The minimum absolute atomic E-state index is 0.0386. The van der Waals surface area contributed by atoms with Gasteiger partial charge in [-0.1, -0.05) is 34.8 Å². The van der Waals surface area contributed by atoms with Crippen molar-refractivity contribution >= 4 is 66.7 Å². The first-order valence-corrected chi connectivity index (χ1v) is 5.39. The van der Waals surface area contributed by atoms with E-state index < -0.39 is 0 Å². The van der Waals surface area contributed by atoms with E-state index in [4.69, 9.17) is 34.8 Å². The Labute approximate surface area is 101 Å². The number of rotatable bonds is 0. The van der Waals surface area contributed by atoms with Crippen molar-refractivity contribution in [2.75, 3.05) is 0 Å². The van der Waals surface area contributed by atoms with Crippen molar-refractivity contribution in [3.05, 3.63) is 24.0 Å². The molecule has 0 aliphatic rings. The highest BCUT2D eigenvalue weighted by molar-refractivity contribution is 9.13. The number of benzene rings is 1. The van der Waals surface area contributed by atoms with Crippen LogP contribution in [0.3, 0.4) is 0 Å². The van der Waals surface area contributed by atoms with Crippen LogP contribution in [-0.4, -0.2) is 5.11 Å². The van der Waals surface area contributed by atoms with Crippen molar-refractivity contribution in [1.29, 1.82) is 0 Å². The van der Waals surface area contributed by atoms with Gasteiger partial charge in [-0.05, 0) is 31.9 Å². The van der Waals surface area contributed by atoms with E-state index in [0.29, 0.717) is 8.95 Å². The lowest BCUT2D eigenvalue weighted by Crippen LogP contribution is -1.79. The van der Waals surface area contributed by atoms with E-state index in [2.05, 4.69) is 31.9 Å². The summed E-state index contributed by atoms with van der Waals surface area (Å²) in [4.78, 5) is 0. The summed E-state index contributed by atoms with van der Waals surface area (Å²) in [6, 6.07) is 0. The van der Waals surface area contributed by atoms with Crippen molar-refractivity contribution in [2.24, 2.45) is 0 Å². The maximum absolute atomic E-state index is 9.29. The SMILES string of the molecule is Oc1c(Cl)c(Cl)c(Br)c(Br)c1Cl. The molecular weight excluding hydrogens is 354 g/mol. The molecule has 1 rings (SSSR count). The fraction of sp³-hybridized carbons (Fsp3) is 0. The number of hydrogen-bond acceptors (Lipinski definition) is 1. The molecule has 1 aromatic carbocycles. The van der Waals surface area contributed by atoms with Crippen molar-refractivity contribution < 1.29 is 5.11 Å². The van der Waals surface area contributed by atoms with Crippen LogP contribution in [0, 0.1) is 0 Å². The Kier molecular flexibility index (Phi) is 3.58. The highest BCUT2D eigenvalue weighted by Crippen LogP contribution is 2.47. The molecule has 0 saturated carbocycles. The Balaban J connectivity index is 3.60. The Morgan fingerprint density at radius 2 is 1.25 bits per heavy atom. The second-order valence-corrected chi connectivity index (χ2v) is 4.64. The fourth-order valence-corrected chi connectivity index (χ4v) is 2.33. The number of aromatic hydroxyl groups is 1. The first-order valence-electron chi connectivity index (χ1n) is 2.67. The van der Waals surface area contributed by atoms with Gasteiger partial charge in [-0.3, -0.25) is 0 Å². The standard InChI is InChI=1S/C6HBr2Cl3O/c7-1-2(8)4(10)6(12)5(11)3(1)9/h12H. The molecule has 12 heavy (non-hydrogen) atoms. The first-order chi connectivity index (χ1) is 5.46. The molecule has 0 saturated heterocycles. The summed E-state index contributed by atoms with van der Waals surface area (Å²) in [5.41, 5.74) is 0. The molecule has 0 bridgehead atoms. The van der Waals surface area contributed by atoms with Gasteiger partial charge in [-0.2, -0.15) is 0 Å². The Morgan fingerprint density at radius 1 is 0.833 bits per heavy atom. The van der Waals surface area contributed by atoms with Crippen molar-refractivity contribution in [3.8, 4) is 5.75 Å². The summed E-state index contributed by atoms with van der Waals surface area (Å²) in [5.74, 6) is -0.224. The quantitative estimate of drug-likeness (QED) is 0.520. The topological polar surface area (TPSA) is 20.2 Å². The maximum Gasteiger partial charge on any atom is 0.155 e. The molecule has 1 aromatic rings. The fourth-order valence-electron chi connectivity index (χ4n) is 0.593. The predicted octanol–water partition coefficient (Wildman–Crippen LogP) is 4.88. The van der Waals surface area contributed by atoms with E-state index in [1.165, 1.54) is 0 Å². The molecule has 0 atom stereocenters. The Morgan fingerprint density at radius 3 is 1.75 bits per heavy atom. The Hall–Kier alpha value is 0.850. The average molecular weight is 355 g/mol. The van der Waals surface area contributed by atoms with Gasteiger partial charge in [0.2, 0.25) is 0 Å². The smallest absolute Gasteiger partial charge is 0.155 e. The van der Waals surface area contributed by atoms with E-state index >= 15 is 0 Å².